The number of nitrogens with one attached hydrogen (secondary N) is 1. The summed E-state index contributed by atoms with van der Waals surface area (Å²) in [6, 6.07) is 0. The zero-order chi connectivity index (χ0) is 21.5. The second-order valence-electron chi connectivity index (χ2n) is 4.99. The molecule has 0 aliphatic rings. The van der Waals surface area contributed by atoms with Crippen LogP contribution in [-0.2, 0) is 28.6 Å². The first-order chi connectivity index (χ1) is 12.9. The molecule has 0 bridgehead atoms. The summed E-state index contributed by atoms with van der Waals surface area (Å²) in [7, 11) is 0. The van der Waals surface area contributed by atoms with Gasteiger partial charge in [0, 0.05) is 19.8 Å². The summed E-state index contributed by atoms with van der Waals surface area (Å²) in [6.07, 6.45) is 1.38. The van der Waals surface area contributed by atoms with Crippen molar-refractivity contribution < 1.29 is 38.8 Å². The van der Waals surface area contributed by atoms with Gasteiger partial charge in [0.05, 0.1) is 19.8 Å². The number of carbonyl (C=O) groups is 3. The van der Waals surface area contributed by atoms with Crippen LogP contribution >= 0.6 is 0 Å². The molecule has 0 aliphatic heterocycles. The highest BCUT2D eigenvalue weighted by Crippen LogP contribution is 2.00. The maximum absolute atomic E-state index is 11.4. The molecule has 27 heavy (non-hydrogen) atoms. The Morgan fingerprint density at radius 3 is 1.96 bits per heavy atom. The van der Waals surface area contributed by atoms with Gasteiger partial charge >= 0.3 is 11.9 Å². The van der Waals surface area contributed by atoms with Crippen LogP contribution in [0.25, 0.3) is 0 Å². The van der Waals surface area contributed by atoms with Crippen molar-refractivity contribution in [2.45, 2.75) is 66.4 Å². The van der Waals surface area contributed by atoms with Gasteiger partial charge in [-0.15, -0.1) is 0 Å². The van der Waals surface area contributed by atoms with Gasteiger partial charge in [0.2, 0.25) is 5.91 Å². The van der Waals surface area contributed by atoms with Crippen LogP contribution in [-0.4, -0.2) is 67.3 Å². The van der Waals surface area contributed by atoms with Crippen LogP contribution in [0.4, 0.5) is 0 Å². The summed E-state index contributed by atoms with van der Waals surface area (Å²) in [5, 5.41) is 18.4. The van der Waals surface area contributed by atoms with E-state index in [4.69, 9.17) is 19.7 Å². The Morgan fingerprint density at radius 1 is 1.00 bits per heavy atom. The quantitative estimate of drug-likeness (QED) is 0.255. The third-order valence-electron chi connectivity index (χ3n) is 2.54. The lowest BCUT2D eigenvalue weighted by Crippen LogP contribution is -2.37. The van der Waals surface area contributed by atoms with Crippen molar-refractivity contribution in [1.29, 1.82) is 0 Å². The van der Waals surface area contributed by atoms with E-state index in [0.717, 1.165) is 0 Å². The zero-order valence-corrected chi connectivity index (χ0v) is 17.3. The number of carbonyl (C=O) groups excluding carboxylic acids is 3. The molecule has 0 aromatic rings. The van der Waals surface area contributed by atoms with Crippen LogP contribution in [0, 0.1) is 0 Å². The molecule has 0 fully saturated rings. The van der Waals surface area contributed by atoms with Crippen molar-refractivity contribution in [3.8, 4) is 0 Å². The van der Waals surface area contributed by atoms with Crippen LogP contribution in [0.1, 0.15) is 60.3 Å². The molecule has 0 aliphatic carbocycles. The fourth-order valence-electron chi connectivity index (χ4n) is 1.43. The molecule has 9 heteroatoms. The van der Waals surface area contributed by atoms with E-state index in [0.29, 0.717) is 25.7 Å². The van der Waals surface area contributed by atoms with Crippen molar-refractivity contribution in [2.75, 3.05) is 33.2 Å². The number of hydrogen-bond acceptors (Lipinski definition) is 8. The van der Waals surface area contributed by atoms with Gasteiger partial charge in [-0.3, -0.25) is 14.4 Å². The zero-order valence-electron chi connectivity index (χ0n) is 17.3. The van der Waals surface area contributed by atoms with E-state index in [1.54, 1.807) is 0 Å². The predicted molar refractivity (Wildman–Crippen MR) is 101 cm³/mol. The number of esters is 2. The number of aliphatic hydroxyl groups is 2. The third-order valence-corrected chi connectivity index (χ3v) is 2.54. The van der Waals surface area contributed by atoms with Gasteiger partial charge in [0.15, 0.2) is 6.10 Å². The Labute approximate surface area is 162 Å². The highest BCUT2D eigenvalue weighted by Gasteiger charge is 2.16. The molecule has 0 rings (SSSR count). The van der Waals surface area contributed by atoms with E-state index in [1.165, 1.54) is 6.92 Å². The minimum Gasteiger partial charge on any atom is -0.462 e. The van der Waals surface area contributed by atoms with Gasteiger partial charge in [0.1, 0.15) is 13.4 Å². The summed E-state index contributed by atoms with van der Waals surface area (Å²) < 4.78 is 14.4. The lowest BCUT2D eigenvalue weighted by molar-refractivity contribution is -0.159. The predicted octanol–water partition coefficient (Wildman–Crippen LogP) is 1.15. The van der Waals surface area contributed by atoms with Crippen molar-refractivity contribution in [3.63, 3.8) is 0 Å². The van der Waals surface area contributed by atoms with E-state index >= 15 is 0 Å². The smallest absolute Gasteiger partial charge is 0.306 e. The van der Waals surface area contributed by atoms with Gasteiger partial charge in [-0.05, 0) is 12.8 Å². The summed E-state index contributed by atoms with van der Waals surface area (Å²) >= 11 is 0. The number of amides is 1. The summed E-state index contributed by atoms with van der Waals surface area (Å²) in [5.74, 6) is -0.914. The van der Waals surface area contributed by atoms with Crippen LogP contribution in [0.3, 0.4) is 0 Å². The van der Waals surface area contributed by atoms with E-state index < -0.39 is 6.10 Å². The molecule has 0 heterocycles. The van der Waals surface area contributed by atoms with Crippen molar-refractivity contribution in [2.24, 2.45) is 0 Å². The summed E-state index contributed by atoms with van der Waals surface area (Å²) in [6.45, 7) is 9.10. The molecule has 0 aromatic heterocycles. The summed E-state index contributed by atoms with van der Waals surface area (Å²) in [4.78, 5) is 33.5. The molecule has 1 atom stereocenters. The van der Waals surface area contributed by atoms with E-state index in [9.17, 15) is 14.4 Å². The summed E-state index contributed by atoms with van der Waals surface area (Å²) in [5.41, 5.74) is 0. The monoisotopic (exact) mass is 395 g/mol. The van der Waals surface area contributed by atoms with E-state index in [2.05, 4.69) is 10.1 Å². The number of aliphatic hydroxyl groups excluding tert-OH is 2. The van der Waals surface area contributed by atoms with Crippen molar-refractivity contribution >= 4 is 17.8 Å². The molecule has 0 spiro atoms. The molecule has 3 N–H and O–H groups in total. The Hall–Kier alpha value is -1.71. The van der Waals surface area contributed by atoms with Gasteiger partial charge in [0.25, 0.3) is 0 Å². The van der Waals surface area contributed by atoms with Crippen molar-refractivity contribution in [1.82, 2.24) is 5.32 Å². The second-order valence-corrected chi connectivity index (χ2v) is 4.99. The van der Waals surface area contributed by atoms with E-state index in [-0.39, 0.29) is 51.0 Å². The first-order valence-corrected chi connectivity index (χ1v) is 9.30. The Balaban J connectivity index is -0.000000607. The molecule has 0 radical (unpaired) electrons. The van der Waals surface area contributed by atoms with Gasteiger partial charge in [-0.2, -0.15) is 0 Å². The minimum absolute atomic E-state index is 0.0272. The normalized spacial score (nSPS) is 10.3. The molecule has 0 saturated heterocycles. The first kappa shape index (κ1) is 30.0. The number of rotatable bonds is 12. The molecular weight excluding hydrogens is 358 g/mol. The fraction of sp³-hybridized carbons (Fsp3) is 0.833. The van der Waals surface area contributed by atoms with Crippen molar-refractivity contribution in [3.05, 3.63) is 0 Å². The molecule has 9 nitrogen and oxygen atoms in total. The molecule has 1 amide bonds. The topological polar surface area (TPSA) is 131 Å². The fourth-order valence-corrected chi connectivity index (χ4v) is 1.43. The molecule has 162 valence electrons. The first-order valence-electron chi connectivity index (χ1n) is 9.30. The Morgan fingerprint density at radius 2 is 1.56 bits per heavy atom. The highest BCUT2D eigenvalue weighted by atomic mass is 16.6. The van der Waals surface area contributed by atoms with Gasteiger partial charge in [-0.1, -0.05) is 27.7 Å². The van der Waals surface area contributed by atoms with Gasteiger partial charge < -0.3 is 29.7 Å². The van der Waals surface area contributed by atoms with Crippen LogP contribution in [0.2, 0.25) is 0 Å². The van der Waals surface area contributed by atoms with Crippen LogP contribution < -0.4 is 5.32 Å². The Kier molecular flexibility index (Phi) is 27.0. The van der Waals surface area contributed by atoms with E-state index in [1.807, 2.05) is 27.7 Å². The maximum Gasteiger partial charge on any atom is 0.306 e. The maximum atomic E-state index is 11.4. The minimum atomic E-state index is -0.635. The molecule has 0 unspecified atom stereocenters. The standard InChI is InChI=1S/C13H23NO5.C3H8O3.C2H6/c1-4-6-12(16)18-9-11(8-14-10(3)15)19-13(17)7-5-2;4-1-2-6-3-5;1-2/h11H,4-9H2,1-3H3,(H,14,15);4-5H,1-3H2;1-2H3/t11-;;/m1../s1. The number of ether oxygens (including phenoxy) is 3. The number of hydrogen-bond donors (Lipinski definition) is 3. The molecule has 0 saturated carbocycles. The molecule has 0 aromatic carbocycles. The second kappa shape index (κ2) is 24.3. The molecular formula is C18H37NO8. The average Bonchev–Trinajstić information content (AvgIpc) is 2.64. The third kappa shape index (κ3) is 26.6. The SMILES string of the molecule is CC.CCCC(=O)OC[C@@H](CNC(C)=O)OC(=O)CCC.OCCOCO. The Bertz CT molecular complexity index is 359. The lowest BCUT2D eigenvalue weighted by Gasteiger charge is -2.18. The lowest BCUT2D eigenvalue weighted by atomic mass is 10.3. The largest absolute Gasteiger partial charge is 0.462 e. The van der Waals surface area contributed by atoms with Gasteiger partial charge in [-0.25, -0.2) is 0 Å². The average molecular weight is 395 g/mol. The van der Waals surface area contributed by atoms with Crippen LogP contribution in [0.15, 0.2) is 0 Å². The van der Waals surface area contributed by atoms with Crippen LogP contribution in [0.5, 0.6) is 0 Å². The highest BCUT2D eigenvalue weighted by molar-refractivity contribution is 5.73.